The van der Waals surface area contributed by atoms with E-state index in [1.807, 2.05) is 36.4 Å². The van der Waals surface area contributed by atoms with Crippen LogP contribution in [-0.2, 0) is 16.3 Å². The highest BCUT2D eigenvalue weighted by Crippen LogP contribution is 2.42. The SMILES string of the molecule is Cc1cc(OCCCS(C)(=O)=O)cc(C)c1-c1cccc2c1CC[C@H]2Oc1ccc(-c2cc(=O)[nH]s2)cc1. The third-order valence-electron chi connectivity index (χ3n) is 6.86. The molecule has 5 rings (SSSR count). The zero-order valence-corrected chi connectivity index (χ0v) is 23.4. The highest BCUT2D eigenvalue weighted by Gasteiger charge is 2.27. The van der Waals surface area contributed by atoms with Crippen LogP contribution in [0.3, 0.4) is 0 Å². The number of rotatable bonds is 9. The first-order valence-electron chi connectivity index (χ1n) is 12.7. The largest absolute Gasteiger partial charge is 0.494 e. The number of hydrogen-bond acceptors (Lipinski definition) is 6. The van der Waals surface area contributed by atoms with Crippen molar-refractivity contribution in [2.75, 3.05) is 18.6 Å². The number of aromatic amines is 1. The minimum absolute atomic E-state index is 0.0165. The lowest BCUT2D eigenvalue weighted by Gasteiger charge is -2.18. The van der Waals surface area contributed by atoms with Crippen LogP contribution in [0.4, 0.5) is 0 Å². The zero-order chi connectivity index (χ0) is 26.9. The van der Waals surface area contributed by atoms with Gasteiger partial charge in [-0.15, -0.1) is 0 Å². The van der Waals surface area contributed by atoms with Crippen molar-refractivity contribution in [3.8, 4) is 33.1 Å². The van der Waals surface area contributed by atoms with E-state index in [0.717, 1.165) is 45.9 Å². The summed E-state index contributed by atoms with van der Waals surface area (Å²) in [6.07, 6.45) is 3.55. The topological polar surface area (TPSA) is 85.5 Å². The number of benzene rings is 3. The molecule has 1 aromatic heterocycles. The molecule has 1 N–H and O–H groups in total. The Morgan fingerprint density at radius 2 is 1.74 bits per heavy atom. The quantitative estimate of drug-likeness (QED) is 0.249. The van der Waals surface area contributed by atoms with Gasteiger partial charge in [-0.05, 0) is 108 Å². The van der Waals surface area contributed by atoms with Gasteiger partial charge in [-0.25, -0.2) is 8.42 Å². The van der Waals surface area contributed by atoms with Gasteiger partial charge in [-0.3, -0.25) is 9.17 Å². The van der Waals surface area contributed by atoms with Crippen LogP contribution < -0.4 is 15.0 Å². The van der Waals surface area contributed by atoms with Crippen LogP contribution in [0.1, 0.15) is 41.2 Å². The van der Waals surface area contributed by atoms with E-state index in [-0.39, 0.29) is 17.4 Å². The molecule has 0 spiro atoms. The van der Waals surface area contributed by atoms with Crippen molar-refractivity contribution in [2.24, 2.45) is 0 Å². The second kappa shape index (κ2) is 10.8. The molecular formula is C30H31NO5S2. The van der Waals surface area contributed by atoms with Crippen LogP contribution >= 0.6 is 11.5 Å². The minimum Gasteiger partial charge on any atom is -0.494 e. The molecule has 0 saturated carbocycles. The van der Waals surface area contributed by atoms with E-state index in [9.17, 15) is 13.2 Å². The lowest BCUT2D eigenvalue weighted by atomic mass is 9.90. The van der Waals surface area contributed by atoms with E-state index in [1.165, 1.54) is 40.0 Å². The fraction of sp³-hybridized carbons (Fsp3) is 0.300. The molecule has 0 bridgehead atoms. The molecule has 1 aliphatic carbocycles. The maximum atomic E-state index is 11.5. The third-order valence-corrected chi connectivity index (χ3v) is 8.77. The third kappa shape index (κ3) is 5.87. The Labute approximate surface area is 227 Å². The van der Waals surface area contributed by atoms with Crippen molar-refractivity contribution >= 4 is 21.4 Å². The summed E-state index contributed by atoms with van der Waals surface area (Å²) >= 11 is 1.33. The number of aromatic nitrogens is 1. The Balaban J connectivity index is 1.33. The van der Waals surface area contributed by atoms with Gasteiger partial charge in [0.15, 0.2) is 0 Å². The molecule has 4 aromatic rings. The number of nitrogens with one attached hydrogen (secondary N) is 1. The number of ether oxygens (including phenoxy) is 2. The molecule has 0 radical (unpaired) electrons. The van der Waals surface area contributed by atoms with E-state index in [4.69, 9.17) is 9.47 Å². The summed E-state index contributed by atoms with van der Waals surface area (Å²) in [6.45, 7) is 4.56. The smallest absolute Gasteiger partial charge is 0.258 e. The molecule has 8 heteroatoms. The molecule has 1 aliphatic rings. The van der Waals surface area contributed by atoms with Gasteiger partial charge in [-0.2, -0.15) is 0 Å². The summed E-state index contributed by atoms with van der Waals surface area (Å²) in [7, 11) is -2.98. The summed E-state index contributed by atoms with van der Waals surface area (Å²) in [5.41, 5.74) is 8.14. The predicted octanol–water partition coefficient (Wildman–Crippen LogP) is 6.27. The second-order valence-electron chi connectivity index (χ2n) is 9.88. The Kier molecular flexibility index (Phi) is 7.45. The van der Waals surface area contributed by atoms with Crippen LogP contribution in [0.2, 0.25) is 0 Å². The molecule has 6 nitrogen and oxygen atoms in total. The first-order chi connectivity index (χ1) is 18.2. The Morgan fingerprint density at radius 3 is 2.39 bits per heavy atom. The van der Waals surface area contributed by atoms with E-state index >= 15 is 0 Å². The first-order valence-corrected chi connectivity index (χ1v) is 15.6. The fourth-order valence-electron chi connectivity index (χ4n) is 5.20. The Morgan fingerprint density at radius 1 is 1.00 bits per heavy atom. The first kappa shape index (κ1) is 26.3. The average Bonchev–Trinajstić information content (AvgIpc) is 3.48. The Hall–Kier alpha value is -3.36. The highest BCUT2D eigenvalue weighted by atomic mass is 32.2. The van der Waals surface area contributed by atoms with E-state index in [2.05, 4.69) is 36.4 Å². The predicted molar refractivity (Wildman–Crippen MR) is 153 cm³/mol. The summed E-state index contributed by atoms with van der Waals surface area (Å²) in [4.78, 5) is 12.4. The average molecular weight is 550 g/mol. The van der Waals surface area contributed by atoms with Crippen molar-refractivity contribution in [3.63, 3.8) is 0 Å². The molecule has 38 heavy (non-hydrogen) atoms. The number of aryl methyl sites for hydroxylation is 2. The molecule has 0 fully saturated rings. The Bertz CT molecular complexity index is 1590. The molecule has 198 valence electrons. The van der Waals surface area contributed by atoms with Gasteiger partial charge in [0, 0.05) is 12.3 Å². The second-order valence-corrected chi connectivity index (χ2v) is 13.0. The van der Waals surface area contributed by atoms with E-state index in [0.29, 0.717) is 13.0 Å². The summed E-state index contributed by atoms with van der Waals surface area (Å²) < 4.78 is 37.7. The van der Waals surface area contributed by atoms with Gasteiger partial charge in [0.2, 0.25) is 0 Å². The van der Waals surface area contributed by atoms with Gasteiger partial charge in [0.05, 0.1) is 17.2 Å². The summed E-state index contributed by atoms with van der Waals surface area (Å²) in [6, 6.07) is 20.0. The molecule has 1 heterocycles. The zero-order valence-electron chi connectivity index (χ0n) is 21.7. The van der Waals surface area contributed by atoms with Gasteiger partial charge in [0.25, 0.3) is 5.56 Å². The van der Waals surface area contributed by atoms with Gasteiger partial charge in [0.1, 0.15) is 27.4 Å². The van der Waals surface area contributed by atoms with Crippen LogP contribution in [0.5, 0.6) is 11.5 Å². The van der Waals surface area contributed by atoms with Gasteiger partial charge < -0.3 is 9.47 Å². The maximum absolute atomic E-state index is 11.5. The number of sulfone groups is 1. The van der Waals surface area contributed by atoms with Crippen molar-refractivity contribution in [1.82, 2.24) is 4.37 Å². The molecule has 0 unspecified atom stereocenters. The van der Waals surface area contributed by atoms with Crippen molar-refractivity contribution in [3.05, 3.63) is 93.3 Å². The van der Waals surface area contributed by atoms with Gasteiger partial charge >= 0.3 is 0 Å². The number of H-pyrrole nitrogens is 1. The van der Waals surface area contributed by atoms with Crippen molar-refractivity contribution in [1.29, 1.82) is 0 Å². The highest BCUT2D eigenvalue weighted by molar-refractivity contribution is 7.90. The van der Waals surface area contributed by atoms with Crippen LogP contribution in [0, 0.1) is 13.8 Å². The number of hydrogen-bond donors (Lipinski definition) is 1. The fourth-order valence-corrected chi connectivity index (χ4v) is 6.54. The monoisotopic (exact) mass is 549 g/mol. The molecule has 3 aromatic carbocycles. The lowest BCUT2D eigenvalue weighted by molar-refractivity contribution is 0.207. The molecular weight excluding hydrogens is 518 g/mol. The normalized spacial score (nSPS) is 14.9. The van der Waals surface area contributed by atoms with Gasteiger partial charge in [-0.1, -0.05) is 29.7 Å². The standard InChI is InChI=1S/C30H31NO5S2/c1-19-16-23(35-14-5-15-38(3,33)34)17-20(2)30(19)26-7-4-6-25-24(26)12-13-27(25)36-22-10-8-21(9-11-22)28-18-29(32)31-37-28/h4,6-11,16-18,27H,5,12-15H2,1-3H3,(H,31,32)/t27-/m1/s1. The van der Waals surface area contributed by atoms with Crippen molar-refractivity contribution in [2.45, 2.75) is 39.2 Å². The molecule has 1 atom stereocenters. The molecule has 0 amide bonds. The lowest BCUT2D eigenvalue weighted by Crippen LogP contribution is -2.08. The van der Waals surface area contributed by atoms with Crippen molar-refractivity contribution < 1.29 is 17.9 Å². The molecule has 0 aliphatic heterocycles. The van der Waals surface area contributed by atoms with E-state index < -0.39 is 9.84 Å². The van der Waals surface area contributed by atoms with E-state index in [1.54, 1.807) is 6.07 Å². The summed E-state index contributed by atoms with van der Waals surface area (Å²) in [5, 5.41) is 0. The van der Waals surface area contributed by atoms with Crippen LogP contribution in [-0.4, -0.2) is 31.4 Å². The maximum Gasteiger partial charge on any atom is 0.258 e. The number of fused-ring (bicyclic) bond motifs is 1. The van der Waals surface area contributed by atoms with Crippen LogP contribution in [0.15, 0.2) is 65.5 Å². The minimum atomic E-state index is -2.98. The summed E-state index contributed by atoms with van der Waals surface area (Å²) in [5.74, 6) is 1.70. The molecule has 0 saturated heterocycles. The van der Waals surface area contributed by atoms with Crippen LogP contribution in [0.25, 0.3) is 21.6 Å².